The van der Waals surface area contributed by atoms with E-state index in [1.165, 1.54) is 13.0 Å². The lowest BCUT2D eigenvalue weighted by molar-refractivity contribution is -0.564. The average Bonchev–Trinajstić information content (AvgIpc) is 2.57. The third kappa shape index (κ3) is 4.93. The van der Waals surface area contributed by atoms with Crippen LogP contribution in [0.15, 0.2) is 23.3 Å². The van der Waals surface area contributed by atoms with Crippen molar-refractivity contribution in [3.8, 4) is 0 Å². The molecular weight excluding hydrogens is 334 g/mol. The minimum absolute atomic E-state index is 0.0270. The van der Waals surface area contributed by atoms with E-state index in [1.54, 1.807) is 13.8 Å². The van der Waals surface area contributed by atoms with Crippen molar-refractivity contribution < 1.29 is 14.8 Å². The van der Waals surface area contributed by atoms with E-state index in [4.69, 9.17) is 0 Å². The predicted molar refractivity (Wildman–Crippen MR) is 91.4 cm³/mol. The fraction of sp³-hybridized carbons (Fsp3) is 0.500. The van der Waals surface area contributed by atoms with E-state index in [1.807, 2.05) is 0 Å². The molecule has 11 heteroatoms. The van der Waals surface area contributed by atoms with Gasteiger partial charge in [-0.3, -0.25) is 35.8 Å². The predicted octanol–water partition coefficient (Wildman–Crippen LogP) is 3.52. The quantitative estimate of drug-likeness (QED) is 0.404. The zero-order valence-corrected chi connectivity index (χ0v) is 14.1. The lowest BCUT2D eigenvalue weighted by Gasteiger charge is -2.19. The number of benzene rings is 1. The second-order valence-corrected chi connectivity index (χ2v) is 5.64. The van der Waals surface area contributed by atoms with E-state index in [9.17, 15) is 30.3 Å². The van der Waals surface area contributed by atoms with Crippen molar-refractivity contribution in [2.75, 3.05) is 5.43 Å². The first kappa shape index (κ1) is 19.9. The van der Waals surface area contributed by atoms with Gasteiger partial charge in [0.2, 0.25) is 5.54 Å². The van der Waals surface area contributed by atoms with Crippen LogP contribution in [0.1, 0.15) is 40.0 Å². The van der Waals surface area contributed by atoms with Gasteiger partial charge in [0.05, 0.1) is 22.3 Å². The van der Waals surface area contributed by atoms with Crippen LogP contribution in [-0.2, 0) is 0 Å². The number of nitro groups is 3. The highest BCUT2D eigenvalue weighted by Gasteiger charge is 2.36. The molecule has 11 nitrogen and oxygen atoms in total. The summed E-state index contributed by atoms with van der Waals surface area (Å²) < 4.78 is 0. The third-order valence-corrected chi connectivity index (χ3v) is 3.92. The highest BCUT2D eigenvalue weighted by molar-refractivity contribution is 5.86. The summed E-state index contributed by atoms with van der Waals surface area (Å²) >= 11 is 0. The maximum atomic E-state index is 11.2. The Labute approximate surface area is 143 Å². The molecule has 0 aromatic heterocycles. The van der Waals surface area contributed by atoms with Crippen molar-refractivity contribution in [2.24, 2.45) is 5.10 Å². The van der Waals surface area contributed by atoms with Gasteiger partial charge < -0.3 is 0 Å². The van der Waals surface area contributed by atoms with E-state index in [-0.39, 0.29) is 17.0 Å². The second-order valence-electron chi connectivity index (χ2n) is 5.64. The highest BCUT2D eigenvalue weighted by Crippen LogP contribution is 2.29. The summed E-state index contributed by atoms with van der Waals surface area (Å²) in [4.78, 5) is 31.1. The number of nitrogens with zero attached hydrogens (tertiary/aromatic N) is 4. The Bertz CT molecular complexity index is 720. The molecule has 0 unspecified atom stereocenters. The molecule has 1 N–H and O–H groups in total. The Morgan fingerprint density at radius 3 is 2.24 bits per heavy atom. The topological polar surface area (TPSA) is 154 Å². The minimum Gasteiger partial charge on any atom is -0.272 e. The molecule has 0 aliphatic heterocycles. The Kier molecular flexibility index (Phi) is 6.48. The van der Waals surface area contributed by atoms with Gasteiger partial charge in [-0.2, -0.15) is 5.10 Å². The van der Waals surface area contributed by atoms with Gasteiger partial charge in [0.25, 0.3) is 5.69 Å². The number of nitro benzene ring substituents is 2. The summed E-state index contributed by atoms with van der Waals surface area (Å²) in [7, 11) is 0. The largest absolute Gasteiger partial charge is 0.301 e. The van der Waals surface area contributed by atoms with Crippen LogP contribution in [0.3, 0.4) is 0 Å². The lowest BCUT2D eigenvalue weighted by Crippen LogP contribution is -2.36. The molecule has 0 aliphatic carbocycles. The van der Waals surface area contributed by atoms with Crippen LogP contribution in [0.25, 0.3) is 0 Å². The molecule has 0 amide bonds. The number of hydrogen-bond donors (Lipinski definition) is 1. The van der Waals surface area contributed by atoms with Crippen LogP contribution < -0.4 is 5.43 Å². The minimum atomic E-state index is -1.18. The summed E-state index contributed by atoms with van der Waals surface area (Å²) in [5.74, 6) is 0. The van der Waals surface area contributed by atoms with Crippen LogP contribution in [-0.4, -0.2) is 26.0 Å². The fourth-order valence-corrected chi connectivity index (χ4v) is 2.02. The molecule has 1 atom stereocenters. The van der Waals surface area contributed by atoms with Gasteiger partial charge in [-0.05, 0) is 12.5 Å². The number of anilines is 1. The molecule has 25 heavy (non-hydrogen) atoms. The Morgan fingerprint density at radius 2 is 1.80 bits per heavy atom. The molecule has 0 saturated heterocycles. The Balaban J connectivity index is 3.11. The van der Waals surface area contributed by atoms with E-state index in [0.717, 1.165) is 12.1 Å². The maximum Gasteiger partial charge on any atom is 0.301 e. The van der Waals surface area contributed by atoms with Crippen molar-refractivity contribution in [3.63, 3.8) is 0 Å². The molecule has 0 bridgehead atoms. The monoisotopic (exact) mass is 353 g/mol. The molecule has 0 radical (unpaired) electrons. The van der Waals surface area contributed by atoms with Crippen molar-refractivity contribution in [1.82, 2.24) is 0 Å². The summed E-state index contributed by atoms with van der Waals surface area (Å²) in [5.41, 5.74) is 0.843. The summed E-state index contributed by atoms with van der Waals surface area (Å²) in [6, 6.07) is 3.12. The molecule has 1 rings (SSSR count). The Hall–Kier alpha value is -3.11. The number of rotatable bonds is 9. The standard InChI is InChI=1S/C14H19N5O6/c1-4-10(9-14(3,5-2)19(24)25)15-16-12-7-6-11(17(20)21)8-13(12)18(22)23/h6-8,16H,4-5,9H2,1-3H3/b15-10+/t14-/m0/s1. The summed E-state index contributed by atoms with van der Waals surface area (Å²) in [6.07, 6.45) is 0.800. The van der Waals surface area contributed by atoms with Crippen LogP contribution in [0.2, 0.25) is 0 Å². The molecule has 1 aromatic carbocycles. The highest BCUT2D eigenvalue weighted by atomic mass is 16.6. The van der Waals surface area contributed by atoms with Crippen molar-refractivity contribution in [2.45, 2.75) is 45.6 Å². The fourth-order valence-electron chi connectivity index (χ4n) is 2.02. The Morgan fingerprint density at radius 1 is 1.16 bits per heavy atom. The first-order chi connectivity index (χ1) is 11.6. The molecule has 136 valence electrons. The summed E-state index contributed by atoms with van der Waals surface area (Å²) in [5, 5.41) is 37.0. The van der Waals surface area contributed by atoms with Gasteiger partial charge in [-0.25, -0.2) is 0 Å². The molecule has 0 heterocycles. The van der Waals surface area contributed by atoms with Gasteiger partial charge in [-0.1, -0.05) is 13.8 Å². The third-order valence-electron chi connectivity index (χ3n) is 3.92. The van der Waals surface area contributed by atoms with Gasteiger partial charge in [0, 0.05) is 30.0 Å². The molecule has 1 aromatic rings. The number of non-ortho nitro benzene ring substituents is 1. The van der Waals surface area contributed by atoms with E-state index >= 15 is 0 Å². The smallest absolute Gasteiger partial charge is 0.272 e. The molecular formula is C14H19N5O6. The van der Waals surface area contributed by atoms with Crippen molar-refractivity contribution in [1.29, 1.82) is 0 Å². The normalized spacial score (nSPS) is 13.8. The number of hydrogen-bond acceptors (Lipinski definition) is 8. The molecule has 0 saturated carbocycles. The molecule has 0 aliphatic rings. The van der Waals surface area contributed by atoms with Gasteiger partial charge in [0.1, 0.15) is 5.69 Å². The average molecular weight is 353 g/mol. The van der Waals surface area contributed by atoms with Gasteiger partial charge in [-0.15, -0.1) is 0 Å². The van der Waals surface area contributed by atoms with E-state index in [0.29, 0.717) is 18.6 Å². The first-order valence-electron chi connectivity index (χ1n) is 7.53. The molecule has 0 fully saturated rings. The number of nitrogens with one attached hydrogen (secondary N) is 1. The van der Waals surface area contributed by atoms with E-state index in [2.05, 4.69) is 10.5 Å². The van der Waals surface area contributed by atoms with Crippen LogP contribution in [0.4, 0.5) is 17.1 Å². The van der Waals surface area contributed by atoms with Crippen LogP contribution in [0, 0.1) is 30.3 Å². The zero-order chi connectivity index (χ0) is 19.2. The van der Waals surface area contributed by atoms with Gasteiger partial charge in [0.15, 0.2) is 0 Å². The molecule has 0 spiro atoms. The van der Waals surface area contributed by atoms with E-state index < -0.39 is 26.8 Å². The zero-order valence-electron chi connectivity index (χ0n) is 14.1. The first-order valence-corrected chi connectivity index (χ1v) is 7.53. The number of hydrazone groups is 1. The van der Waals surface area contributed by atoms with Crippen LogP contribution >= 0.6 is 0 Å². The van der Waals surface area contributed by atoms with Crippen molar-refractivity contribution in [3.05, 3.63) is 48.5 Å². The van der Waals surface area contributed by atoms with Crippen LogP contribution in [0.5, 0.6) is 0 Å². The lowest BCUT2D eigenvalue weighted by atomic mass is 9.92. The van der Waals surface area contributed by atoms with Gasteiger partial charge >= 0.3 is 5.69 Å². The maximum absolute atomic E-state index is 11.2. The summed E-state index contributed by atoms with van der Waals surface area (Å²) in [6.45, 7) is 4.97. The second kappa shape index (κ2) is 8.13. The SMILES string of the molecule is CC/C(C[C@](C)(CC)[N+](=O)[O-])=N\Nc1ccc([N+](=O)[O-])cc1[N+](=O)[O-]. The van der Waals surface area contributed by atoms with Crippen molar-refractivity contribution >= 4 is 22.8 Å².